The molecule has 0 aromatic heterocycles. The fourth-order valence-corrected chi connectivity index (χ4v) is 4.31. The van der Waals surface area contributed by atoms with Gasteiger partial charge in [-0.05, 0) is 55.7 Å². The first-order valence-electron chi connectivity index (χ1n) is 8.25. The topological polar surface area (TPSA) is 29.3 Å². The Balaban J connectivity index is 1.77. The molecule has 3 heteroatoms. The van der Waals surface area contributed by atoms with E-state index in [1.807, 2.05) is 0 Å². The SMILES string of the molecule is Cc1ccc(C(N)=S)c(N2CCC3(CCCCC3)CC2)c1. The molecule has 0 unspecified atom stereocenters. The van der Waals surface area contributed by atoms with Gasteiger partial charge in [-0.15, -0.1) is 0 Å². The van der Waals surface area contributed by atoms with Crippen LogP contribution in [0.4, 0.5) is 5.69 Å². The van der Waals surface area contributed by atoms with Gasteiger partial charge in [-0.2, -0.15) is 0 Å². The largest absolute Gasteiger partial charge is 0.389 e. The normalized spacial score (nSPS) is 21.5. The molecule has 1 heterocycles. The highest BCUT2D eigenvalue weighted by Gasteiger charge is 2.35. The molecule has 2 fully saturated rings. The highest BCUT2D eigenvalue weighted by Crippen LogP contribution is 2.45. The number of aryl methyl sites for hydroxylation is 1. The van der Waals surface area contributed by atoms with Gasteiger partial charge in [0.15, 0.2) is 0 Å². The molecule has 1 aromatic rings. The zero-order valence-corrected chi connectivity index (χ0v) is 13.8. The van der Waals surface area contributed by atoms with Crippen molar-refractivity contribution in [2.45, 2.75) is 51.9 Å². The zero-order valence-electron chi connectivity index (χ0n) is 13.0. The summed E-state index contributed by atoms with van der Waals surface area (Å²) in [4.78, 5) is 3.02. The second-order valence-corrected chi connectivity index (χ2v) is 7.37. The van der Waals surface area contributed by atoms with E-state index in [0.717, 1.165) is 18.7 Å². The monoisotopic (exact) mass is 302 g/mol. The second-order valence-electron chi connectivity index (χ2n) is 6.93. The molecular formula is C18H26N2S. The lowest BCUT2D eigenvalue weighted by atomic mass is 9.68. The van der Waals surface area contributed by atoms with E-state index < -0.39 is 0 Å². The first kappa shape index (κ1) is 14.8. The van der Waals surface area contributed by atoms with Crippen LogP contribution in [-0.4, -0.2) is 18.1 Å². The molecule has 2 nitrogen and oxygen atoms in total. The van der Waals surface area contributed by atoms with Gasteiger partial charge in [0.05, 0.1) is 0 Å². The van der Waals surface area contributed by atoms with Crippen LogP contribution in [0.2, 0.25) is 0 Å². The molecule has 0 bridgehead atoms. The van der Waals surface area contributed by atoms with Gasteiger partial charge in [0, 0.05) is 24.3 Å². The van der Waals surface area contributed by atoms with Crippen LogP contribution in [0.15, 0.2) is 18.2 Å². The minimum Gasteiger partial charge on any atom is -0.389 e. The van der Waals surface area contributed by atoms with Gasteiger partial charge < -0.3 is 10.6 Å². The average Bonchev–Trinajstić information content (AvgIpc) is 2.48. The van der Waals surface area contributed by atoms with Gasteiger partial charge in [-0.25, -0.2) is 0 Å². The van der Waals surface area contributed by atoms with E-state index in [2.05, 4.69) is 30.0 Å². The van der Waals surface area contributed by atoms with Crippen LogP contribution in [-0.2, 0) is 0 Å². The summed E-state index contributed by atoms with van der Waals surface area (Å²) in [7, 11) is 0. The molecule has 21 heavy (non-hydrogen) atoms. The number of thiocarbonyl (C=S) groups is 1. The number of rotatable bonds is 2. The van der Waals surface area contributed by atoms with Crippen LogP contribution in [0.25, 0.3) is 0 Å². The van der Waals surface area contributed by atoms with Crippen molar-refractivity contribution in [2.75, 3.05) is 18.0 Å². The highest BCUT2D eigenvalue weighted by molar-refractivity contribution is 7.80. The number of hydrogen-bond donors (Lipinski definition) is 1. The minimum absolute atomic E-state index is 0.517. The van der Waals surface area contributed by atoms with Crippen molar-refractivity contribution in [1.29, 1.82) is 0 Å². The van der Waals surface area contributed by atoms with Gasteiger partial charge in [-0.1, -0.05) is 37.5 Å². The predicted molar refractivity (Wildman–Crippen MR) is 94.0 cm³/mol. The number of hydrogen-bond acceptors (Lipinski definition) is 2. The summed E-state index contributed by atoms with van der Waals surface area (Å²) in [5.74, 6) is 0. The molecule has 1 aromatic carbocycles. The minimum atomic E-state index is 0.517. The maximum atomic E-state index is 5.91. The molecule has 1 spiro atoms. The fraction of sp³-hybridized carbons (Fsp3) is 0.611. The Morgan fingerprint density at radius 1 is 1.10 bits per heavy atom. The molecule has 1 aliphatic heterocycles. The van der Waals surface area contributed by atoms with Crippen molar-refractivity contribution < 1.29 is 0 Å². The standard InChI is InChI=1S/C18H26N2S/c1-14-5-6-15(17(19)21)16(13-14)20-11-9-18(10-12-20)7-3-2-4-8-18/h5-6,13H,2-4,7-12H2,1H3,(H2,19,21). The van der Waals surface area contributed by atoms with Crippen LogP contribution < -0.4 is 10.6 Å². The van der Waals surface area contributed by atoms with Gasteiger partial charge in [0.1, 0.15) is 4.99 Å². The highest BCUT2D eigenvalue weighted by atomic mass is 32.1. The molecule has 114 valence electrons. The third-order valence-corrected chi connectivity index (χ3v) is 5.72. The average molecular weight is 302 g/mol. The Kier molecular flexibility index (Phi) is 4.21. The molecule has 1 saturated carbocycles. The van der Waals surface area contributed by atoms with Crippen LogP contribution in [0.5, 0.6) is 0 Å². The van der Waals surface area contributed by atoms with Gasteiger partial charge in [0.2, 0.25) is 0 Å². The Labute approximate surface area is 133 Å². The van der Waals surface area contributed by atoms with Crippen molar-refractivity contribution in [1.82, 2.24) is 0 Å². The third-order valence-electron chi connectivity index (χ3n) is 5.50. The van der Waals surface area contributed by atoms with Gasteiger partial charge >= 0.3 is 0 Å². The summed E-state index contributed by atoms with van der Waals surface area (Å²) in [6.07, 6.45) is 9.85. The Hall–Kier alpha value is -1.09. The van der Waals surface area contributed by atoms with Crippen molar-refractivity contribution >= 4 is 22.9 Å². The van der Waals surface area contributed by atoms with E-state index >= 15 is 0 Å². The molecular weight excluding hydrogens is 276 g/mol. The summed E-state index contributed by atoms with van der Waals surface area (Å²) in [5.41, 5.74) is 10.1. The molecule has 0 atom stereocenters. The smallest absolute Gasteiger partial charge is 0.106 e. The number of anilines is 1. The van der Waals surface area contributed by atoms with Crippen molar-refractivity contribution in [3.63, 3.8) is 0 Å². The molecule has 2 aliphatic rings. The Morgan fingerprint density at radius 2 is 1.76 bits per heavy atom. The summed E-state index contributed by atoms with van der Waals surface area (Å²) < 4.78 is 0. The quantitative estimate of drug-likeness (QED) is 0.831. The first-order valence-corrected chi connectivity index (χ1v) is 8.66. The van der Waals surface area contributed by atoms with Gasteiger partial charge in [0.25, 0.3) is 0 Å². The lowest BCUT2D eigenvalue weighted by Gasteiger charge is -2.45. The molecule has 1 saturated heterocycles. The maximum Gasteiger partial charge on any atom is 0.106 e. The van der Waals surface area contributed by atoms with E-state index in [-0.39, 0.29) is 0 Å². The number of nitrogens with two attached hydrogens (primary N) is 1. The van der Waals surface area contributed by atoms with Crippen molar-refractivity contribution in [3.05, 3.63) is 29.3 Å². The lowest BCUT2D eigenvalue weighted by molar-refractivity contribution is 0.144. The molecule has 0 amide bonds. The lowest BCUT2D eigenvalue weighted by Crippen LogP contribution is -2.41. The first-order chi connectivity index (χ1) is 10.1. The predicted octanol–water partition coefficient (Wildman–Crippen LogP) is 4.18. The second kappa shape index (κ2) is 5.96. The summed E-state index contributed by atoms with van der Waals surface area (Å²) in [5, 5.41) is 0. The molecule has 2 N–H and O–H groups in total. The van der Waals surface area contributed by atoms with E-state index in [1.165, 1.54) is 56.2 Å². The molecule has 1 aliphatic carbocycles. The Morgan fingerprint density at radius 3 is 2.38 bits per heavy atom. The van der Waals surface area contributed by atoms with E-state index in [4.69, 9.17) is 18.0 Å². The third kappa shape index (κ3) is 3.08. The number of benzene rings is 1. The Bertz CT molecular complexity index is 522. The number of piperidine rings is 1. The van der Waals surface area contributed by atoms with E-state index in [9.17, 15) is 0 Å². The van der Waals surface area contributed by atoms with Crippen LogP contribution >= 0.6 is 12.2 Å². The summed E-state index contributed by atoms with van der Waals surface area (Å²) >= 11 is 5.23. The number of nitrogens with zero attached hydrogens (tertiary/aromatic N) is 1. The van der Waals surface area contributed by atoms with Crippen LogP contribution in [0.3, 0.4) is 0 Å². The van der Waals surface area contributed by atoms with Crippen molar-refractivity contribution in [3.8, 4) is 0 Å². The van der Waals surface area contributed by atoms with E-state index in [0.29, 0.717) is 10.4 Å². The fourth-order valence-electron chi connectivity index (χ4n) is 4.14. The van der Waals surface area contributed by atoms with Crippen molar-refractivity contribution in [2.24, 2.45) is 11.1 Å². The van der Waals surface area contributed by atoms with Crippen LogP contribution in [0.1, 0.15) is 56.1 Å². The summed E-state index contributed by atoms with van der Waals surface area (Å²) in [6, 6.07) is 6.43. The molecule has 3 rings (SSSR count). The molecule has 0 radical (unpaired) electrons. The summed E-state index contributed by atoms with van der Waals surface area (Å²) in [6.45, 7) is 4.44. The van der Waals surface area contributed by atoms with Gasteiger partial charge in [-0.3, -0.25) is 0 Å². The maximum absolute atomic E-state index is 5.91. The van der Waals surface area contributed by atoms with E-state index in [1.54, 1.807) is 0 Å². The van der Waals surface area contributed by atoms with Crippen LogP contribution in [0, 0.1) is 12.3 Å². The zero-order chi connectivity index (χ0) is 14.9.